The molecule has 2 unspecified atom stereocenters. The third-order valence-corrected chi connectivity index (χ3v) is 3.91. The van der Waals surface area contributed by atoms with Gasteiger partial charge in [-0.1, -0.05) is 18.2 Å². The van der Waals surface area contributed by atoms with Crippen molar-refractivity contribution in [3.8, 4) is 5.75 Å². The average molecular weight is 284 g/mol. The van der Waals surface area contributed by atoms with Crippen LogP contribution in [0.5, 0.6) is 5.75 Å². The molecule has 106 valence electrons. The highest BCUT2D eigenvalue weighted by Crippen LogP contribution is 2.42. The number of halogens is 1. The van der Waals surface area contributed by atoms with E-state index < -0.39 is 6.10 Å². The molecular weight excluding hydrogens is 271 g/mol. The molecule has 0 saturated carbocycles. The Balaban J connectivity index is 1.72. The van der Waals surface area contributed by atoms with E-state index in [0.29, 0.717) is 23.3 Å². The van der Waals surface area contributed by atoms with Crippen LogP contribution in [0, 0.1) is 5.82 Å². The maximum Gasteiger partial charge on any atom is 0.134 e. The molecule has 0 spiro atoms. The minimum atomic E-state index is -0.816. The van der Waals surface area contributed by atoms with Gasteiger partial charge in [0.05, 0.1) is 12.5 Å². The van der Waals surface area contributed by atoms with E-state index in [-0.39, 0.29) is 11.7 Å². The first-order valence-electron chi connectivity index (χ1n) is 6.81. The molecule has 1 aliphatic heterocycles. The van der Waals surface area contributed by atoms with Crippen LogP contribution >= 0.6 is 0 Å². The van der Waals surface area contributed by atoms with Crippen LogP contribution in [0.15, 0.2) is 52.9 Å². The van der Waals surface area contributed by atoms with Gasteiger partial charge >= 0.3 is 0 Å². The van der Waals surface area contributed by atoms with Gasteiger partial charge in [0.1, 0.15) is 29.0 Å². The summed E-state index contributed by atoms with van der Waals surface area (Å²) in [5.74, 6) is 0.732. The average Bonchev–Trinajstić information content (AvgIpc) is 3.09. The number of benzene rings is 2. The van der Waals surface area contributed by atoms with Gasteiger partial charge < -0.3 is 14.3 Å². The molecule has 2 atom stereocenters. The van der Waals surface area contributed by atoms with Gasteiger partial charge in [0.25, 0.3) is 0 Å². The highest BCUT2D eigenvalue weighted by Gasteiger charge is 2.32. The van der Waals surface area contributed by atoms with Crippen LogP contribution in [0.25, 0.3) is 11.0 Å². The van der Waals surface area contributed by atoms with Crippen LogP contribution in [0.2, 0.25) is 0 Å². The fraction of sp³-hybridized carbons (Fsp3) is 0.176. The van der Waals surface area contributed by atoms with E-state index in [9.17, 15) is 9.50 Å². The largest absolute Gasteiger partial charge is 0.493 e. The zero-order chi connectivity index (χ0) is 14.4. The van der Waals surface area contributed by atoms with Crippen LogP contribution in [0.1, 0.15) is 23.3 Å². The summed E-state index contributed by atoms with van der Waals surface area (Å²) in [6, 6.07) is 13.6. The molecule has 3 aromatic rings. The van der Waals surface area contributed by atoms with Gasteiger partial charge in [0.2, 0.25) is 0 Å². The Labute approximate surface area is 120 Å². The highest BCUT2D eigenvalue weighted by atomic mass is 19.1. The molecule has 0 radical (unpaired) electrons. The number of aliphatic hydroxyl groups excluding tert-OH is 1. The van der Waals surface area contributed by atoms with Crippen LogP contribution in [-0.4, -0.2) is 11.7 Å². The van der Waals surface area contributed by atoms with Crippen LogP contribution in [0.3, 0.4) is 0 Å². The smallest absolute Gasteiger partial charge is 0.134 e. The van der Waals surface area contributed by atoms with Crippen molar-refractivity contribution in [2.75, 3.05) is 6.61 Å². The Morgan fingerprint density at radius 3 is 2.90 bits per heavy atom. The zero-order valence-electron chi connectivity index (χ0n) is 11.1. The summed E-state index contributed by atoms with van der Waals surface area (Å²) < 4.78 is 24.4. The number of para-hydroxylation sites is 1. The third-order valence-electron chi connectivity index (χ3n) is 3.91. The Bertz CT molecular complexity index is 809. The SMILES string of the molecule is OC(c1cc2cc(F)ccc2o1)C1COc2ccccc21. The first kappa shape index (κ1) is 12.4. The van der Waals surface area contributed by atoms with Crippen molar-refractivity contribution < 1.29 is 18.7 Å². The predicted octanol–water partition coefficient (Wildman–Crippen LogP) is 3.78. The fourth-order valence-corrected chi connectivity index (χ4v) is 2.83. The Kier molecular flexibility index (Phi) is 2.72. The van der Waals surface area contributed by atoms with Crippen molar-refractivity contribution in [3.05, 3.63) is 65.7 Å². The molecule has 0 saturated heterocycles. The third kappa shape index (κ3) is 1.99. The maximum absolute atomic E-state index is 13.2. The number of ether oxygens (including phenoxy) is 1. The minimum absolute atomic E-state index is 0.174. The molecule has 0 fully saturated rings. The summed E-state index contributed by atoms with van der Waals surface area (Å²) in [6.45, 7) is 0.409. The number of aliphatic hydroxyl groups is 1. The maximum atomic E-state index is 13.2. The van der Waals surface area contributed by atoms with E-state index in [2.05, 4.69) is 0 Å². The van der Waals surface area contributed by atoms with E-state index in [1.54, 1.807) is 12.1 Å². The molecule has 4 heteroatoms. The summed E-state index contributed by atoms with van der Waals surface area (Å²) in [5.41, 5.74) is 1.54. The van der Waals surface area contributed by atoms with Crippen molar-refractivity contribution in [3.63, 3.8) is 0 Å². The molecule has 0 bridgehead atoms. The molecule has 1 N–H and O–H groups in total. The lowest BCUT2D eigenvalue weighted by Crippen LogP contribution is -2.11. The van der Waals surface area contributed by atoms with E-state index in [1.165, 1.54) is 12.1 Å². The standard InChI is InChI=1S/C17H13FO3/c18-11-5-6-14-10(7-11)8-16(21-14)17(19)13-9-20-15-4-2-1-3-12(13)15/h1-8,13,17,19H,9H2. The fourth-order valence-electron chi connectivity index (χ4n) is 2.83. The van der Waals surface area contributed by atoms with Gasteiger partial charge in [0.15, 0.2) is 0 Å². The Hall–Kier alpha value is -2.33. The molecular formula is C17H13FO3. The second-order valence-electron chi connectivity index (χ2n) is 5.23. The number of rotatable bonds is 2. The highest BCUT2D eigenvalue weighted by molar-refractivity contribution is 5.78. The molecule has 1 aliphatic rings. The first-order chi connectivity index (χ1) is 10.2. The van der Waals surface area contributed by atoms with Gasteiger partial charge in [-0.2, -0.15) is 0 Å². The molecule has 3 nitrogen and oxygen atoms in total. The van der Waals surface area contributed by atoms with Gasteiger partial charge in [0, 0.05) is 10.9 Å². The lowest BCUT2D eigenvalue weighted by molar-refractivity contribution is 0.109. The lowest BCUT2D eigenvalue weighted by atomic mass is 9.94. The second-order valence-corrected chi connectivity index (χ2v) is 5.23. The van der Waals surface area contributed by atoms with E-state index in [4.69, 9.17) is 9.15 Å². The lowest BCUT2D eigenvalue weighted by Gasteiger charge is -2.14. The molecule has 0 aliphatic carbocycles. The zero-order valence-corrected chi connectivity index (χ0v) is 11.1. The Morgan fingerprint density at radius 2 is 2.00 bits per heavy atom. The Morgan fingerprint density at radius 1 is 1.14 bits per heavy atom. The summed E-state index contributed by atoms with van der Waals surface area (Å²) in [5, 5.41) is 11.2. The van der Waals surface area contributed by atoms with Crippen molar-refractivity contribution in [2.24, 2.45) is 0 Å². The molecule has 4 rings (SSSR count). The second kappa shape index (κ2) is 4.60. The van der Waals surface area contributed by atoms with Crippen molar-refractivity contribution in [2.45, 2.75) is 12.0 Å². The van der Waals surface area contributed by atoms with E-state index in [1.807, 2.05) is 24.3 Å². The summed E-state index contributed by atoms with van der Waals surface area (Å²) in [7, 11) is 0. The monoisotopic (exact) mass is 284 g/mol. The number of furan rings is 1. The minimum Gasteiger partial charge on any atom is -0.493 e. The molecule has 21 heavy (non-hydrogen) atoms. The van der Waals surface area contributed by atoms with Gasteiger partial charge in [-0.05, 0) is 30.3 Å². The van der Waals surface area contributed by atoms with Crippen LogP contribution in [-0.2, 0) is 0 Å². The van der Waals surface area contributed by atoms with Gasteiger partial charge in [-0.15, -0.1) is 0 Å². The van der Waals surface area contributed by atoms with Crippen molar-refractivity contribution in [1.29, 1.82) is 0 Å². The molecule has 1 aromatic heterocycles. The number of hydrogen-bond acceptors (Lipinski definition) is 3. The molecule has 2 aromatic carbocycles. The number of fused-ring (bicyclic) bond motifs is 2. The summed E-state index contributed by atoms with van der Waals surface area (Å²) in [6.07, 6.45) is -0.816. The van der Waals surface area contributed by atoms with Crippen LogP contribution in [0.4, 0.5) is 4.39 Å². The van der Waals surface area contributed by atoms with E-state index >= 15 is 0 Å². The normalized spacial score (nSPS) is 18.5. The number of hydrogen-bond donors (Lipinski definition) is 1. The van der Waals surface area contributed by atoms with Gasteiger partial charge in [-0.3, -0.25) is 0 Å². The van der Waals surface area contributed by atoms with Crippen molar-refractivity contribution >= 4 is 11.0 Å². The van der Waals surface area contributed by atoms with Crippen LogP contribution < -0.4 is 4.74 Å². The predicted molar refractivity (Wildman–Crippen MR) is 75.8 cm³/mol. The topological polar surface area (TPSA) is 42.6 Å². The summed E-state index contributed by atoms with van der Waals surface area (Å²) in [4.78, 5) is 0. The molecule has 0 amide bonds. The van der Waals surface area contributed by atoms with E-state index in [0.717, 1.165) is 11.3 Å². The van der Waals surface area contributed by atoms with Gasteiger partial charge in [-0.25, -0.2) is 4.39 Å². The first-order valence-corrected chi connectivity index (χ1v) is 6.81. The summed E-state index contributed by atoms with van der Waals surface area (Å²) >= 11 is 0. The van der Waals surface area contributed by atoms with Crippen molar-refractivity contribution in [1.82, 2.24) is 0 Å². The quantitative estimate of drug-likeness (QED) is 0.778. The molecule has 2 heterocycles.